The van der Waals surface area contributed by atoms with E-state index < -0.39 is 15.6 Å². The van der Waals surface area contributed by atoms with Gasteiger partial charge in [0.15, 0.2) is 5.03 Å². The number of aryl methyl sites for hydroxylation is 1. The Morgan fingerprint density at radius 1 is 1.39 bits per heavy atom. The molecule has 0 bridgehead atoms. The highest BCUT2D eigenvalue weighted by Gasteiger charge is 2.32. The smallest absolute Gasteiger partial charge is 0.260 e. The van der Waals surface area contributed by atoms with Crippen LogP contribution < -0.4 is 0 Å². The molecule has 0 radical (unpaired) electrons. The van der Waals surface area contributed by atoms with Crippen LogP contribution in [0, 0.1) is 0 Å². The summed E-state index contributed by atoms with van der Waals surface area (Å²) in [5.41, 5.74) is -0.767. The Hall–Kier alpha value is -0.920. The largest absolute Gasteiger partial charge is 0.390 e. The van der Waals surface area contributed by atoms with Crippen molar-refractivity contribution in [2.24, 2.45) is 7.05 Å². The number of hydrogen-bond acceptors (Lipinski definition) is 4. The number of aromatic nitrogens is 2. The van der Waals surface area contributed by atoms with Crippen molar-refractivity contribution in [3.05, 3.63) is 12.3 Å². The molecule has 0 aromatic carbocycles. The first-order valence-electron chi connectivity index (χ1n) is 6.03. The summed E-state index contributed by atoms with van der Waals surface area (Å²) >= 11 is 0. The van der Waals surface area contributed by atoms with Gasteiger partial charge in [-0.2, -0.15) is 9.40 Å². The summed E-state index contributed by atoms with van der Waals surface area (Å²) < 4.78 is 27.6. The highest BCUT2D eigenvalue weighted by atomic mass is 32.2. The number of sulfonamides is 1. The van der Waals surface area contributed by atoms with Crippen molar-refractivity contribution in [2.45, 2.75) is 36.8 Å². The van der Waals surface area contributed by atoms with Gasteiger partial charge in [-0.25, -0.2) is 8.42 Å². The zero-order valence-corrected chi connectivity index (χ0v) is 11.5. The Bertz CT molecular complexity index is 521. The lowest BCUT2D eigenvalue weighted by atomic mass is 9.98. The van der Waals surface area contributed by atoms with Crippen molar-refractivity contribution in [1.29, 1.82) is 0 Å². The van der Waals surface area contributed by atoms with Gasteiger partial charge in [0.05, 0.1) is 11.8 Å². The summed E-state index contributed by atoms with van der Waals surface area (Å²) in [7, 11) is -1.89. The Morgan fingerprint density at radius 2 is 2.11 bits per heavy atom. The molecule has 0 aliphatic carbocycles. The van der Waals surface area contributed by atoms with Crippen molar-refractivity contribution < 1.29 is 13.5 Å². The zero-order valence-electron chi connectivity index (χ0n) is 10.7. The zero-order chi connectivity index (χ0) is 13.4. The Balaban J connectivity index is 2.24. The molecule has 1 aromatic heterocycles. The minimum Gasteiger partial charge on any atom is -0.390 e. The van der Waals surface area contributed by atoms with Crippen LogP contribution in [0.5, 0.6) is 0 Å². The van der Waals surface area contributed by atoms with Crippen molar-refractivity contribution in [2.75, 3.05) is 13.1 Å². The predicted molar refractivity (Wildman–Crippen MR) is 66.4 cm³/mol. The van der Waals surface area contributed by atoms with Crippen LogP contribution in [0.4, 0.5) is 0 Å². The second kappa shape index (κ2) is 4.64. The van der Waals surface area contributed by atoms with Gasteiger partial charge in [0.1, 0.15) is 0 Å². The molecule has 1 N–H and O–H groups in total. The van der Waals surface area contributed by atoms with Crippen molar-refractivity contribution in [1.82, 2.24) is 14.1 Å². The Kier molecular flexibility index (Phi) is 3.48. The molecule has 18 heavy (non-hydrogen) atoms. The lowest BCUT2D eigenvalue weighted by Gasteiger charge is -2.22. The summed E-state index contributed by atoms with van der Waals surface area (Å²) in [5, 5.41) is 14.1. The molecular formula is C11H19N3O3S. The molecule has 6 nitrogen and oxygen atoms in total. The molecule has 1 unspecified atom stereocenters. The number of nitrogens with zero attached hydrogens (tertiary/aromatic N) is 3. The van der Waals surface area contributed by atoms with Crippen LogP contribution >= 0.6 is 0 Å². The fourth-order valence-corrected chi connectivity index (χ4v) is 3.81. The summed E-state index contributed by atoms with van der Waals surface area (Å²) in [6.07, 6.45) is 3.24. The molecule has 2 heterocycles. The van der Waals surface area contributed by atoms with Gasteiger partial charge in [-0.3, -0.25) is 4.68 Å². The van der Waals surface area contributed by atoms with Gasteiger partial charge in [0.2, 0.25) is 0 Å². The second-order valence-electron chi connectivity index (χ2n) is 5.05. The molecule has 0 amide bonds. The van der Waals surface area contributed by atoms with Gasteiger partial charge in [-0.1, -0.05) is 0 Å². The first-order chi connectivity index (χ1) is 8.33. The predicted octanol–water partition coefficient (Wildman–Crippen LogP) is 0.346. The number of aliphatic hydroxyl groups is 1. The van der Waals surface area contributed by atoms with E-state index in [1.165, 1.54) is 21.3 Å². The van der Waals surface area contributed by atoms with Crippen LogP contribution in [-0.2, 0) is 17.1 Å². The minimum atomic E-state index is -3.50. The van der Waals surface area contributed by atoms with Crippen LogP contribution in [-0.4, -0.2) is 46.3 Å². The summed E-state index contributed by atoms with van der Waals surface area (Å²) in [6, 6.07) is 1.50. The SMILES string of the molecule is Cn1nccc1S(=O)(=O)N1CCCC(C)(O)CC1. The monoisotopic (exact) mass is 273 g/mol. The van der Waals surface area contributed by atoms with E-state index in [1.54, 1.807) is 14.0 Å². The van der Waals surface area contributed by atoms with Crippen molar-refractivity contribution in [3.8, 4) is 0 Å². The highest BCUT2D eigenvalue weighted by Crippen LogP contribution is 2.25. The van der Waals surface area contributed by atoms with E-state index in [-0.39, 0.29) is 5.03 Å². The average Bonchev–Trinajstić information content (AvgIpc) is 2.60. The van der Waals surface area contributed by atoms with E-state index in [0.29, 0.717) is 32.4 Å². The van der Waals surface area contributed by atoms with Gasteiger partial charge >= 0.3 is 0 Å². The van der Waals surface area contributed by atoms with Gasteiger partial charge in [-0.05, 0) is 32.3 Å². The maximum Gasteiger partial charge on any atom is 0.260 e. The molecule has 1 aliphatic rings. The van der Waals surface area contributed by atoms with Crippen LogP contribution in [0.15, 0.2) is 17.3 Å². The van der Waals surface area contributed by atoms with Crippen LogP contribution in [0.1, 0.15) is 26.2 Å². The molecule has 1 aliphatic heterocycles. The molecule has 2 rings (SSSR count). The fourth-order valence-electron chi connectivity index (χ4n) is 2.23. The van der Waals surface area contributed by atoms with Gasteiger partial charge in [0, 0.05) is 20.1 Å². The summed E-state index contributed by atoms with van der Waals surface area (Å²) in [5.74, 6) is 0. The van der Waals surface area contributed by atoms with Gasteiger partial charge in [-0.15, -0.1) is 0 Å². The molecule has 102 valence electrons. The average molecular weight is 273 g/mol. The van der Waals surface area contributed by atoms with E-state index in [2.05, 4.69) is 5.10 Å². The van der Waals surface area contributed by atoms with E-state index in [4.69, 9.17) is 0 Å². The topological polar surface area (TPSA) is 75.4 Å². The van der Waals surface area contributed by atoms with Crippen molar-refractivity contribution >= 4 is 10.0 Å². The van der Waals surface area contributed by atoms with E-state index in [9.17, 15) is 13.5 Å². The quantitative estimate of drug-likeness (QED) is 0.843. The number of rotatable bonds is 2. The third kappa shape index (κ3) is 2.57. The second-order valence-corrected chi connectivity index (χ2v) is 6.93. The first kappa shape index (κ1) is 13.5. The Morgan fingerprint density at radius 3 is 2.72 bits per heavy atom. The summed E-state index contributed by atoms with van der Waals surface area (Å²) in [6.45, 7) is 2.55. The summed E-state index contributed by atoms with van der Waals surface area (Å²) in [4.78, 5) is 0. The third-order valence-corrected chi connectivity index (χ3v) is 5.38. The molecular weight excluding hydrogens is 254 g/mol. The fraction of sp³-hybridized carbons (Fsp3) is 0.727. The standard InChI is InChI=1S/C11H19N3O3S/c1-11(15)5-3-8-14(9-6-11)18(16,17)10-4-7-12-13(10)2/h4,7,15H,3,5-6,8-9H2,1-2H3. The van der Waals surface area contributed by atoms with E-state index >= 15 is 0 Å². The minimum absolute atomic E-state index is 0.198. The molecule has 1 saturated heterocycles. The normalized spacial score (nSPS) is 27.1. The molecule has 0 spiro atoms. The third-order valence-electron chi connectivity index (χ3n) is 3.40. The van der Waals surface area contributed by atoms with Crippen LogP contribution in [0.2, 0.25) is 0 Å². The molecule has 7 heteroatoms. The maximum absolute atomic E-state index is 12.4. The van der Waals surface area contributed by atoms with Gasteiger partial charge < -0.3 is 5.11 Å². The lowest BCUT2D eigenvalue weighted by molar-refractivity contribution is 0.0465. The molecule has 1 aromatic rings. The number of hydrogen-bond donors (Lipinski definition) is 1. The van der Waals surface area contributed by atoms with E-state index in [0.717, 1.165) is 0 Å². The molecule has 0 saturated carbocycles. The van der Waals surface area contributed by atoms with Crippen LogP contribution in [0.25, 0.3) is 0 Å². The lowest BCUT2D eigenvalue weighted by Crippen LogP contribution is -2.34. The van der Waals surface area contributed by atoms with Crippen molar-refractivity contribution in [3.63, 3.8) is 0 Å². The van der Waals surface area contributed by atoms with Gasteiger partial charge in [0.25, 0.3) is 10.0 Å². The highest BCUT2D eigenvalue weighted by molar-refractivity contribution is 7.89. The van der Waals surface area contributed by atoms with Crippen LogP contribution in [0.3, 0.4) is 0 Å². The van der Waals surface area contributed by atoms with E-state index in [1.807, 2.05) is 0 Å². The maximum atomic E-state index is 12.4. The molecule has 1 fully saturated rings. The Labute approximate surface area is 107 Å². The first-order valence-corrected chi connectivity index (χ1v) is 7.47. The molecule has 1 atom stereocenters.